The first-order valence-electron chi connectivity index (χ1n) is 16.4. The summed E-state index contributed by atoms with van der Waals surface area (Å²) in [4.78, 5) is 13.2. The van der Waals surface area contributed by atoms with Crippen LogP contribution < -0.4 is 10.2 Å². The van der Waals surface area contributed by atoms with E-state index in [2.05, 4.69) is 0 Å². The van der Waals surface area contributed by atoms with Gasteiger partial charge in [0.05, 0.1) is 25.4 Å². The van der Waals surface area contributed by atoms with E-state index in [1.165, 1.54) is 24.3 Å². The quantitative estimate of drug-likeness (QED) is 0.0984. The van der Waals surface area contributed by atoms with E-state index in [1.807, 2.05) is 0 Å². The lowest BCUT2D eigenvalue weighted by Gasteiger charge is -2.47. The Labute approximate surface area is 298 Å². The molecule has 0 saturated carbocycles. The zero-order chi connectivity index (χ0) is 38.5. The van der Waals surface area contributed by atoms with Crippen molar-refractivity contribution in [3.05, 3.63) is 46.6 Å². The van der Waals surface area contributed by atoms with E-state index in [0.717, 1.165) is 12.1 Å². The van der Waals surface area contributed by atoms with Gasteiger partial charge in [-0.2, -0.15) is 0 Å². The predicted molar refractivity (Wildman–Crippen MR) is 171 cm³/mol. The minimum absolute atomic E-state index is 0.0924. The highest BCUT2D eigenvalue weighted by Gasteiger charge is 2.53. The molecule has 0 radical (unpaired) electrons. The molecule has 2 aromatic carbocycles. The second-order valence-electron chi connectivity index (χ2n) is 13.0. The zero-order valence-corrected chi connectivity index (χ0v) is 27.4. The van der Waals surface area contributed by atoms with Crippen LogP contribution in [0.15, 0.2) is 45.6 Å². The molecule has 3 aliphatic rings. The summed E-state index contributed by atoms with van der Waals surface area (Å²) in [6.45, 7) is -1.64. The van der Waals surface area contributed by atoms with E-state index in [1.54, 1.807) is 0 Å². The first-order chi connectivity index (χ1) is 25.1. The van der Waals surface area contributed by atoms with Crippen LogP contribution in [-0.4, -0.2) is 172 Å². The number of fused-ring (bicyclic) bond motifs is 1. The van der Waals surface area contributed by atoms with Gasteiger partial charge in [0.25, 0.3) is 0 Å². The Morgan fingerprint density at radius 3 is 1.79 bits per heavy atom. The summed E-state index contributed by atoms with van der Waals surface area (Å²) in [5, 5.41) is 135. The molecule has 0 unspecified atom stereocenters. The smallest absolute Gasteiger partial charge is 0.230 e. The van der Waals surface area contributed by atoms with E-state index in [0.29, 0.717) is 0 Å². The topological polar surface area (TPSA) is 339 Å². The Morgan fingerprint density at radius 2 is 1.15 bits per heavy atom. The van der Waals surface area contributed by atoms with Crippen molar-refractivity contribution in [2.45, 2.75) is 98.4 Å². The minimum Gasteiger partial charge on any atom is -0.508 e. The largest absolute Gasteiger partial charge is 0.508 e. The summed E-state index contributed by atoms with van der Waals surface area (Å²) in [5.41, 5.74) is -1.05. The maximum absolute atomic E-state index is 13.2. The van der Waals surface area contributed by atoms with Gasteiger partial charge in [-0.1, -0.05) is 0 Å². The highest BCUT2D eigenvalue weighted by Crippen LogP contribution is 2.43. The van der Waals surface area contributed by atoms with Gasteiger partial charge in [0, 0.05) is 24.1 Å². The minimum atomic E-state index is -2.06. The third-order valence-electron chi connectivity index (χ3n) is 9.54. The number of benzene rings is 2. The van der Waals surface area contributed by atoms with E-state index in [4.69, 9.17) is 28.1 Å². The van der Waals surface area contributed by atoms with E-state index < -0.39 is 145 Å². The summed E-state index contributed by atoms with van der Waals surface area (Å²) >= 11 is 0. The zero-order valence-electron chi connectivity index (χ0n) is 27.4. The van der Waals surface area contributed by atoms with Gasteiger partial charge in [-0.25, -0.2) is 0 Å². The van der Waals surface area contributed by atoms with Crippen molar-refractivity contribution in [2.75, 3.05) is 13.2 Å². The number of hydrogen-bond donors (Lipinski definition) is 13. The van der Waals surface area contributed by atoms with Gasteiger partial charge in [0.2, 0.25) is 12.0 Å². The Bertz CT molecular complexity index is 1780. The van der Waals surface area contributed by atoms with Crippen LogP contribution >= 0.6 is 0 Å². The van der Waals surface area contributed by atoms with E-state index in [-0.39, 0.29) is 17.1 Å². The normalized spacial score (nSPS) is 37.8. The average molecular weight is 757 g/mol. The lowest BCUT2D eigenvalue weighted by Crippen LogP contribution is -2.65. The molecule has 20 nitrogen and oxygen atoms in total. The molecule has 292 valence electrons. The molecule has 6 rings (SSSR count). The molecule has 0 amide bonds. The number of phenols is 3. The highest BCUT2D eigenvalue weighted by molar-refractivity contribution is 5.91. The van der Waals surface area contributed by atoms with Crippen molar-refractivity contribution in [1.82, 2.24) is 0 Å². The Balaban J connectivity index is 1.32. The van der Waals surface area contributed by atoms with E-state index >= 15 is 0 Å². The number of rotatable bonds is 9. The Morgan fingerprint density at radius 1 is 0.604 bits per heavy atom. The average Bonchev–Trinajstić information content (AvgIpc) is 3.13. The molecule has 3 aliphatic heterocycles. The molecular formula is C33H40O20. The van der Waals surface area contributed by atoms with Gasteiger partial charge >= 0.3 is 0 Å². The first kappa shape index (κ1) is 39.0. The molecule has 53 heavy (non-hydrogen) atoms. The predicted octanol–water partition coefficient (Wildman–Crippen LogP) is -4.18. The Hall–Kier alpha value is -3.71. The molecule has 3 aromatic rings. The SMILES string of the molecule is O=c1cc(-c2ccc(O)cc2)oc2c(O[C@@H]3O[C@H](CO)[C@@H](O)[C@H](O)[C@H]3O[C@@H]3O[C@@H](C[C@@H]4O[C@H](CO)[C@@H](O)[C@H](O)[C@H]4O)[C@H](O)[C@@H](O)[C@H]3O)c(O)cc(O)c12. The number of hydrogen-bond acceptors (Lipinski definition) is 20. The van der Waals surface area contributed by atoms with Crippen LogP contribution in [0.25, 0.3) is 22.3 Å². The molecule has 0 spiro atoms. The molecule has 15 atom stereocenters. The van der Waals surface area contributed by atoms with Crippen LogP contribution in [0.5, 0.6) is 23.0 Å². The molecule has 1 aromatic heterocycles. The van der Waals surface area contributed by atoms with Crippen LogP contribution in [0, 0.1) is 0 Å². The maximum atomic E-state index is 13.2. The third-order valence-corrected chi connectivity index (χ3v) is 9.54. The van der Waals surface area contributed by atoms with Crippen molar-refractivity contribution in [3.63, 3.8) is 0 Å². The third kappa shape index (κ3) is 7.39. The molecule has 0 aliphatic carbocycles. The lowest BCUT2D eigenvalue weighted by atomic mass is 9.88. The van der Waals surface area contributed by atoms with Crippen molar-refractivity contribution in [2.24, 2.45) is 0 Å². The number of phenolic OH excluding ortho intramolecular Hbond substituents is 3. The van der Waals surface area contributed by atoms with Crippen LogP contribution in [0.4, 0.5) is 0 Å². The highest BCUT2D eigenvalue weighted by atomic mass is 16.8. The fourth-order valence-corrected chi connectivity index (χ4v) is 6.55. The van der Waals surface area contributed by atoms with Crippen molar-refractivity contribution < 1.29 is 94.5 Å². The number of aliphatic hydroxyl groups is 10. The summed E-state index contributed by atoms with van der Waals surface area (Å²) in [6.07, 6.45) is -27.3. The monoisotopic (exact) mass is 756 g/mol. The van der Waals surface area contributed by atoms with Gasteiger partial charge in [0.15, 0.2) is 29.2 Å². The fourth-order valence-electron chi connectivity index (χ4n) is 6.55. The second kappa shape index (κ2) is 15.6. The molecule has 4 heterocycles. The summed E-state index contributed by atoms with van der Waals surface area (Å²) in [6, 6.07) is 7.21. The van der Waals surface area contributed by atoms with Gasteiger partial charge in [-0.15, -0.1) is 0 Å². The number of ether oxygens (including phenoxy) is 5. The maximum Gasteiger partial charge on any atom is 0.230 e. The van der Waals surface area contributed by atoms with Crippen molar-refractivity contribution in [1.29, 1.82) is 0 Å². The van der Waals surface area contributed by atoms with Crippen molar-refractivity contribution >= 4 is 11.0 Å². The molecule has 0 bridgehead atoms. The standard InChI is InChI=1S/C33H40O20/c34-8-18-23(42)25(44)21(40)16(48-18)7-17-22(41)26(45)28(47)32(50-17)53-31-27(46)24(43)19(9-35)51-33(31)52-29-14(39)5-12(37)20-13(38)6-15(49-30(20)29)10-1-3-11(36)4-2-10/h1-6,16-19,21-28,31-37,39-47H,7-9H2/t16-,17-,18+,19+,21-,22-,23+,24+,25+,26+,27-,28+,31+,32-,33-/m0/s1. The molecule has 13 N–H and O–H groups in total. The molecular weight excluding hydrogens is 716 g/mol. The van der Waals surface area contributed by atoms with Gasteiger partial charge in [-0.05, 0) is 24.3 Å². The summed E-state index contributed by atoms with van der Waals surface area (Å²) in [7, 11) is 0. The van der Waals surface area contributed by atoms with Crippen LogP contribution in [0.3, 0.4) is 0 Å². The summed E-state index contributed by atoms with van der Waals surface area (Å²) < 4.78 is 34.4. The van der Waals surface area contributed by atoms with E-state index in [9.17, 15) is 71.2 Å². The molecule has 3 fully saturated rings. The van der Waals surface area contributed by atoms with Crippen LogP contribution in [0.2, 0.25) is 0 Å². The molecule has 20 heteroatoms. The second-order valence-corrected chi connectivity index (χ2v) is 13.0. The van der Waals surface area contributed by atoms with Crippen LogP contribution in [-0.2, 0) is 18.9 Å². The lowest BCUT2D eigenvalue weighted by molar-refractivity contribution is -0.359. The van der Waals surface area contributed by atoms with Crippen molar-refractivity contribution in [3.8, 4) is 34.3 Å². The fraction of sp³-hybridized carbons (Fsp3) is 0.545. The number of aromatic hydroxyl groups is 3. The van der Waals surface area contributed by atoms with Crippen LogP contribution in [0.1, 0.15) is 6.42 Å². The number of aliphatic hydroxyl groups excluding tert-OH is 10. The Kier molecular flexibility index (Phi) is 11.5. The van der Waals surface area contributed by atoms with Gasteiger partial charge in [-0.3, -0.25) is 4.79 Å². The molecule has 3 saturated heterocycles. The van der Waals surface area contributed by atoms with Gasteiger partial charge in [0.1, 0.15) is 83.7 Å². The summed E-state index contributed by atoms with van der Waals surface area (Å²) in [5.74, 6) is -2.39. The van der Waals surface area contributed by atoms with Gasteiger partial charge < -0.3 is 94.5 Å². The first-order valence-corrected chi connectivity index (χ1v) is 16.4.